The number of anilines is 1. The highest BCUT2D eigenvalue weighted by Crippen LogP contribution is 2.31. The number of non-ortho nitro benzene ring substituents is 1. The van der Waals surface area contributed by atoms with Crippen molar-refractivity contribution in [3.8, 4) is 17.2 Å². The lowest BCUT2D eigenvalue weighted by Crippen LogP contribution is -2.21. The van der Waals surface area contributed by atoms with E-state index in [1.165, 1.54) is 18.2 Å². The zero-order valence-electron chi connectivity index (χ0n) is 20.4. The Bertz CT molecular complexity index is 1670. The molecule has 0 atom stereocenters. The average molecular weight is 510 g/mol. The Morgan fingerprint density at radius 1 is 0.868 bits per heavy atom. The molecule has 1 heterocycles. The van der Waals surface area contributed by atoms with Crippen molar-refractivity contribution >= 4 is 39.1 Å². The van der Waals surface area contributed by atoms with Crippen LogP contribution in [0, 0.1) is 10.1 Å². The van der Waals surface area contributed by atoms with Crippen molar-refractivity contribution in [3.05, 3.63) is 111 Å². The van der Waals surface area contributed by atoms with Crippen LogP contribution in [-0.4, -0.2) is 22.0 Å². The third-order valence-corrected chi connectivity index (χ3v) is 5.94. The summed E-state index contributed by atoms with van der Waals surface area (Å²) in [6.45, 7) is 2.30. The van der Waals surface area contributed by atoms with Crippen LogP contribution >= 0.6 is 0 Å². The molecule has 0 aliphatic rings. The van der Waals surface area contributed by atoms with Gasteiger partial charge in [0, 0.05) is 22.9 Å². The molecule has 4 aromatic carbocycles. The van der Waals surface area contributed by atoms with Crippen LogP contribution in [0.4, 0.5) is 11.4 Å². The van der Waals surface area contributed by atoms with E-state index in [1.807, 2.05) is 6.92 Å². The molecule has 0 saturated carbocycles. The van der Waals surface area contributed by atoms with Gasteiger partial charge in [0.2, 0.25) is 5.91 Å². The standard InChI is InChI=1S/C29H23N3O6/c1-2-37-21-11-13-22(14-12-21)38-23-16-19(15-20(17-23)32(35)36)30-28(33)18-31-26-9-5-3-7-24(26)29(34)25-8-4-6-10-27(25)31/h3-17H,2,18H2,1H3,(H,30,33). The van der Waals surface area contributed by atoms with Crippen LogP contribution in [-0.2, 0) is 11.3 Å². The molecular formula is C29H23N3O6. The van der Waals surface area contributed by atoms with Gasteiger partial charge in [-0.05, 0) is 55.5 Å². The van der Waals surface area contributed by atoms with E-state index < -0.39 is 10.8 Å². The molecule has 190 valence electrons. The Balaban J connectivity index is 1.44. The minimum Gasteiger partial charge on any atom is -0.494 e. The molecule has 0 saturated heterocycles. The minimum atomic E-state index is -0.552. The van der Waals surface area contributed by atoms with E-state index in [0.29, 0.717) is 39.9 Å². The molecule has 0 bridgehead atoms. The Labute approximate surface area is 217 Å². The molecular weight excluding hydrogens is 486 g/mol. The highest BCUT2D eigenvalue weighted by molar-refractivity contribution is 5.97. The maximum absolute atomic E-state index is 13.2. The van der Waals surface area contributed by atoms with Gasteiger partial charge in [0.25, 0.3) is 5.69 Å². The third kappa shape index (κ3) is 5.03. The number of nitrogens with one attached hydrogen (secondary N) is 1. The first-order valence-corrected chi connectivity index (χ1v) is 11.9. The molecule has 0 radical (unpaired) electrons. The van der Waals surface area contributed by atoms with E-state index in [1.54, 1.807) is 77.4 Å². The molecule has 0 aliphatic carbocycles. The van der Waals surface area contributed by atoms with E-state index >= 15 is 0 Å². The smallest absolute Gasteiger partial charge is 0.275 e. The van der Waals surface area contributed by atoms with Gasteiger partial charge in [-0.25, -0.2) is 0 Å². The van der Waals surface area contributed by atoms with Gasteiger partial charge in [-0.3, -0.25) is 19.7 Å². The number of carbonyl (C=O) groups is 1. The van der Waals surface area contributed by atoms with Crippen LogP contribution in [0.2, 0.25) is 0 Å². The van der Waals surface area contributed by atoms with Crippen LogP contribution in [0.3, 0.4) is 0 Å². The van der Waals surface area contributed by atoms with Gasteiger partial charge in [0.05, 0.1) is 34.3 Å². The molecule has 5 aromatic rings. The second-order valence-electron chi connectivity index (χ2n) is 8.48. The number of rotatable bonds is 8. The number of carbonyl (C=O) groups excluding carboxylic acids is 1. The van der Waals surface area contributed by atoms with Crippen LogP contribution in [0.5, 0.6) is 17.2 Å². The number of nitrogens with zero attached hydrogens (tertiary/aromatic N) is 2. The number of aromatic nitrogens is 1. The molecule has 0 spiro atoms. The summed E-state index contributed by atoms with van der Waals surface area (Å²) in [6.07, 6.45) is 0. The number of para-hydroxylation sites is 2. The van der Waals surface area contributed by atoms with Gasteiger partial charge in [0.15, 0.2) is 5.43 Å². The molecule has 1 aromatic heterocycles. The van der Waals surface area contributed by atoms with E-state index in [0.717, 1.165) is 0 Å². The molecule has 0 aliphatic heterocycles. The molecule has 1 N–H and O–H groups in total. The van der Waals surface area contributed by atoms with Gasteiger partial charge in [-0.1, -0.05) is 24.3 Å². The summed E-state index contributed by atoms with van der Waals surface area (Å²) in [5.74, 6) is 0.904. The van der Waals surface area contributed by atoms with Crippen molar-refractivity contribution in [2.24, 2.45) is 0 Å². The Kier molecular flexibility index (Phi) is 6.73. The molecule has 1 amide bonds. The lowest BCUT2D eigenvalue weighted by molar-refractivity contribution is -0.384. The molecule has 9 heteroatoms. The third-order valence-electron chi connectivity index (χ3n) is 5.94. The summed E-state index contributed by atoms with van der Waals surface area (Å²) < 4.78 is 13.0. The van der Waals surface area contributed by atoms with E-state index in [2.05, 4.69) is 5.32 Å². The summed E-state index contributed by atoms with van der Waals surface area (Å²) >= 11 is 0. The first kappa shape index (κ1) is 24.5. The van der Waals surface area contributed by atoms with Gasteiger partial charge < -0.3 is 19.4 Å². The highest BCUT2D eigenvalue weighted by atomic mass is 16.6. The summed E-state index contributed by atoms with van der Waals surface area (Å²) in [4.78, 5) is 37.1. The van der Waals surface area contributed by atoms with Gasteiger partial charge in [-0.15, -0.1) is 0 Å². The van der Waals surface area contributed by atoms with Crippen molar-refractivity contribution in [3.63, 3.8) is 0 Å². The minimum absolute atomic E-state index is 0.109. The Morgan fingerprint density at radius 2 is 1.47 bits per heavy atom. The number of benzene rings is 4. The Morgan fingerprint density at radius 3 is 2.08 bits per heavy atom. The van der Waals surface area contributed by atoms with Crippen LogP contribution in [0.1, 0.15) is 6.92 Å². The number of nitro groups is 1. The monoisotopic (exact) mass is 509 g/mol. The summed E-state index contributed by atoms with van der Waals surface area (Å²) in [6, 6.07) is 25.1. The first-order chi connectivity index (χ1) is 18.4. The summed E-state index contributed by atoms with van der Waals surface area (Å²) in [7, 11) is 0. The fourth-order valence-electron chi connectivity index (χ4n) is 4.32. The fraction of sp³-hybridized carbons (Fsp3) is 0.103. The maximum Gasteiger partial charge on any atom is 0.275 e. The number of ether oxygens (including phenoxy) is 2. The van der Waals surface area contributed by atoms with Crippen LogP contribution in [0.15, 0.2) is 95.8 Å². The van der Waals surface area contributed by atoms with Crippen LogP contribution in [0.25, 0.3) is 21.8 Å². The van der Waals surface area contributed by atoms with Crippen molar-refractivity contribution in [1.29, 1.82) is 0 Å². The van der Waals surface area contributed by atoms with Crippen molar-refractivity contribution in [2.75, 3.05) is 11.9 Å². The number of fused-ring (bicyclic) bond motifs is 2. The number of hydrogen-bond donors (Lipinski definition) is 1. The SMILES string of the molecule is CCOc1ccc(Oc2cc(NC(=O)Cn3c4ccccc4c(=O)c4ccccc43)cc([N+](=O)[O-])c2)cc1. The molecule has 0 fully saturated rings. The Hall–Kier alpha value is -5.18. The fourth-order valence-corrected chi connectivity index (χ4v) is 4.32. The second-order valence-corrected chi connectivity index (χ2v) is 8.48. The predicted molar refractivity (Wildman–Crippen MR) is 145 cm³/mol. The lowest BCUT2D eigenvalue weighted by atomic mass is 10.1. The normalized spacial score (nSPS) is 10.9. The van der Waals surface area contributed by atoms with Gasteiger partial charge in [-0.2, -0.15) is 0 Å². The average Bonchev–Trinajstić information content (AvgIpc) is 2.92. The quantitative estimate of drug-likeness (QED) is 0.158. The largest absolute Gasteiger partial charge is 0.494 e. The topological polar surface area (TPSA) is 113 Å². The first-order valence-electron chi connectivity index (χ1n) is 11.9. The summed E-state index contributed by atoms with van der Waals surface area (Å²) in [5.41, 5.74) is 1.10. The zero-order valence-corrected chi connectivity index (χ0v) is 20.4. The van der Waals surface area contributed by atoms with E-state index in [4.69, 9.17) is 9.47 Å². The molecule has 5 rings (SSSR count). The lowest BCUT2D eigenvalue weighted by Gasteiger charge is -2.15. The zero-order chi connectivity index (χ0) is 26.6. The number of amides is 1. The van der Waals surface area contributed by atoms with Crippen LogP contribution < -0.4 is 20.2 Å². The molecule has 9 nitrogen and oxygen atoms in total. The number of hydrogen-bond acceptors (Lipinski definition) is 6. The van der Waals surface area contributed by atoms with E-state index in [9.17, 15) is 19.7 Å². The maximum atomic E-state index is 13.2. The summed E-state index contributed by atoms with van der Waals surface area (Å²) in [5, 5.41) is 15.3. The molecule has 0 unspecified atom stereocenters. The van der Waals surface area contributed by atoms with Crippen molar-refractivity contribution in [2.45, 2.75) is 13.5 Å². The van der Waals surface area contributed by atoms with E-state index in [-0.39, 0.29) is 29.1 Å². The van der Waals surface area contributed by atoms with Crippen molar-refractivity contribution < 1.29 is 19.2 Å². The number of nitro benzene ring substituents is 1. The van der Waals surface area contributed by atoms with Crippen molar-refractivity contribution in [1.82, 2.24) is 4.57 Å². The predicted octanol–water partition coefficient (Wildman–Crippen LogP) is 5.89. The second kappa shape index (κ2) is 10.4. The highest BCUT2D eigenvalue weighted by Gasteiger charge is 2.16. The van der Waals surface area contributed by atoms with Gasteiger partial charge in [0.1, 0.15) is 23.8 Å². The molecule has 38 heavy (non-hydrogen) atoms. The number of pyridine rings is 1. The van der Waals surface area contributed by atoms with Gasteiger partial charge >= 0.3 is 0 Å².